The summed E-state index contributed by atoms with van der Waals surface area (Å²) in [6.45, 7) is 4.14. The summed E-state index contributed by atoms with van der Waals surface area (Å²) in [5.74, 6) is -0.284. The predicted molar refractivity (Wildman–Crippen MR) is 74.8 cm³/mol. The van der Waals surface area contributed by atoms with Gasteiger partial charge in [0.25, 0.3) is 0 Å². The second kappa shape index (κ2) is 5.54. The molecule has 102 valence electrons. The van der Waals surface area contributed by atoms with Crippen molar-refractivity contribution in [1.29, 1.82) is 0 Å². The van der Waals surface area contributed by atoms with Crippen LogP contribution in [0.25, 0.3) is 10.6 Å². The number of aromatic nitrogens is 2. The number of H-pyrrole nitrogens is 1. The first kappa shape index (κ1) is 13.8. The maximum Gasteiger partial charge on any atom is 0.325 e. The van der Waals surface area contributed by atoms with Crippen LogP contribution in [-0.4, -0.2) is 28.8 Å². The van der Waals surface area contributed by atoms with E-state index in [9.17, 15) is 4.79 Å². The fraction of sp³-hybridized carbons (Fsp3) is 0.385. The monoisotopic (exact) mass is 279 g/mol. The molecular formula is C13H17N3O2S. The number of hydrogen-bond donors (Lipinski definition) is 2. The van der Waals surface area contributed by atoms with Crippen LogP contribution in [0, 0.1) is 0 Å². The normalized spacial score (nSPS) is 11.5. The highest BCUT2D eigenvalue weighted by atomic mass is 32.1. The molecular weight excluding hydrogens is 262 g/mol. The van der Waals surface area contributed by atoms with Gasteiger partial charge in [0.2, 0.25) is 0 Å². The van der Waals surface area contributed by atoms with E-state index in [2.05, 4.69) is 15.5 Å². The zero-order valence-corrected chi connectivity index (χ0v) is 12.0. The lowest BCUT2D eigenvalue weighted by atomic mass is 10.1. The average Bonchev–Trinajstić information content (AvgIpc) is 3.05. The Morgan fingerprint density at radius 2 is 2.37 bits per heavy atom. The van der Waals surface area contributed by atoms with E-state index in [1.807, 2.05) is 17.5 Å². The standard InChI is InChI=1S/C13H17N3O2S/c1-13(2,12(17)18-3)14-7-9-8-15-16-11(9)10-5-4-6-19-10/h4-6,8,14H,7H2,1-3H3,(H,15,16). The van der Waals surface area contributed by atoms with Crippen molar-refractivity contribution in [3.8, 4) is 10.6 Å². The molecule has 0 saturated heterocycles. The molecule has 0 amide bonds. The van der Waals surface area contributed by atoms with Gasteiger partial charge in [0.15, 0.2) is 0 Å². The number of nitrogens with zero attached hydrogens (tertiary/aromatic N) is 1. The van der Waals surface area contributed by atoms with Gasteiger partial charge in [-0.25, -0.2) is 0 Å². The van der Waals surface area contributed by atoms with Crippen molar-refractivity contribution in [2.75, 3.05) is 7.11 Å². The molecule has 5 nitrogen and oxygen atoms in total. The number of methoxy groups -OCH3 is 1. The summed E-state index contributed by atoms with van der Waals surface area (Å²) in [6, 6.07) is 4.03. The molecule has 0 radical (unpaired) electrons. The zero-order chi connectivity index (χ0) is 13.9. The first-order chi connectivity index (χ1) is 9.04. The number of rotatable bonds is 5. The van der Waals surface area contributed by atoms with Gasteiger partial charge >= 0.3 is 5.97 Å². The van der Waals surface area contributed by atoms with Crippen LogP contribution in [0.2, 0.25) is 0 Å². The molecule has 0 aromatic carbocycles. The number of aromatic amines is 1. The van der Waals surface area contributed by atoms with Crippen molar-refractivity contribution in [3.63, 3.8) is 0 Å². The summed E-state index contributed by atoms with van der Waals surface area (Å²) >= 11 is 1.65. The van der Waals surface area contributed by atoms with Gasteiger partial charge in [-0.15, -0.1) is 11.3 Å². The number of thiophene rings is 1. The highest BCUT2D eigenvalue weighted by molar-refractivity contribution is 7.13. The molecule has 2 aromatic rings. The summed E-state index contributed by atoms with van der Waals surface area (Å²) in [4.78, 5) is 12.7. The number of carbonyl (C=O) groups excluding carboxylic acids is 1. The smallest absolute Gasteiger partial charge is 0.325 e. The fourth-order valence-corrected chi connectivity index (χ4v) is 2.48. The van der Waals surface area contributed by atoms with Crippen LogP contribution in [-0.2, 0) is 16.1 Å². The summed E-state index contributed by atoms with van der Waals surface area (Å²) in [7, 11) is 1.39. The maximum atomic E-state index is 11.6. The van der Waals surface area contributed by atoms with Gasteiger partial charge in [-0.05, 0) is 25.3 Å². The minimum Gasteiger partial charge on any atom is -0.468 e. The molecule has 0 spiro atoms. The predicted octanol–water partition coefficient (Wildman–Crippen LogP) is 2.18. The summed E-state index contributed by atoms with van der Waals surface area (Å²) < 4.78 is 4.76. The zero-order valence-electron chi connectivity index (χ0n) is 11.2. The summed E-state index contributed by atoms with van der Waals surface area (Å²) in [6.07, 6.45) is 1.77. The van der Waals surface area contributed by atoms with Crippen molar-refractivity contribution < 1.29 is 9.53 Å². The Bertz CT molecular complexity index is 546. The van der Waals surface area contributed by atoms with Gasteiger partial charge in [0, 0.05) is 12.1 Å². The fourth-order valence-electron chi connectivity index (χ4n) is 1.72. The number of nitrogens with one attached hydrogen (secondary N) is 2. The van der Waals surface area contributed by atoms with Crippen LogP contribution < -0.4 is 5.32 Å². The molecule has 2 heterocycles. The molecule has 0 saturated carbocycles. The van der Waals surface area contributed by atoms with Crippen molar-refractivity contribution in [2.24, 2.45) is 0 Å². The lowest BCUT2D eigenvalue weighted by Crippen LogP contribution is -2.46. The Hall–Kier alpha value is -1.66. The van der Waals surface area contributed by atoms with Gasteiger partial charge in [-0.1, -0.05) is 6.07 Å². The molecule has 0 aliphatic carbocycles. The van der Waals surface area contributed by atoms with Gasteiger partial charge in [0.05, 0.1) is 23.9 Å². The molecule has 2 N–H and O–H groups in total. The summed E-state index contributed by atoms with van der Waals surface area (Å²) in [5.41, 5.74) is 1.29. The third-order valence-electron chi connectivity index (χ3n) is 2.90. The van der Waals surface area contributed by atoms with E-state index in [1.165, 1.54) is 7.11 Å². The Morgan fingerprint density at radius 3 is 3.00 bits per heavy atom. The Labute approximate surface area is 116 Å². The molecule has 6 heteroatoms. The van der Waals surface area contributed by atoms with Crippen LogP contribution in [0.15, 0.2) is 23.7 Å². The van der Waals surface area contributed by atoms with E-state index in [0.29, 0.717) is 6.54 Å². The molecule has 0 aliphatic rings. The van der Waals surface area contributed by atoms with E-state index in [-0.39, 0.29) is 5.97 Å². The van der Waals surface area contributed by atoms with Gasteiger partial charge in [-0.2, -0.15) is 5.10 Å². The minimum absolute atomic E-state index is 0.284. The van der Waals surface area contributed by atoms with E-state index >= 15 is 0 Å². The molecule has 2 aromatic heterocycles. The third-order valence-corrected chi connectivity index (χ3v) is 3.79. The number of esters is 1. The highest BCUT2D eigenvalue weighted by Gasteiger charge is 2.28. The quantitative estimate of drug-likeness (QED) is 0.823. The van der Waals surface area contributed by atoms with Crippen molar-refractivity contribution in [1.82, 2.24) is 15.5 Å². The minimum atomic E-state index is -0.723. The van der Waals surface area contributed by atoms with E-state index in [1.54, 1.807) is 31.4 Å². The SMILES string of the molecule is COC(=O)C(C)(C)NCc1cn[nH]c1-c1cccs1. The lowest BCUT2D eigenvalue weighted by molar-refractivity contribution is -0.147. The van der Waals surface area contributed by atoms with Gasteiger partial charge in [0.1, 0.15) is 5.54 Å². The molecule has 0 bridgehead atoms. The topological polar surface area (TPSA) is 67.0 Å². The van der Waals surface area contributed by atoms with Gasteiger partial charge < -0.3 is 4.74 Å². The first-order valence-electron chi connectivity index (χ1n) is 5.94. The molecule has 0 unspecified atom stereocenters. The van der Waals surface area contributed by atoms with Crippen LogP contribution in [0.4, 0.5) is 0 Å². The van der Waals surface area contributed by atoms with Gasteiger partial charge in [-0.3, -0.25) is 15.2 Å². The van der Waals surface area contributed by atoms with E-state index in [0.717, 1.165) is 16.1 Å². The van der Waals surface area contributed by atoms with Crippen LogP contribution in [0.1, 0.15) is 19.4 Å². The van der Waals surface area contributed by atoms with Crippen LogP contribution in [0.3, 0.4) is 0 Å². The van der Waals surface area contributed by atoms with E-state index < -0.39 is 5.54 Å². The molecule has 0 aliphatic heterocycles. The number of ether oxygens (including phenoxy) is 1. The first-order valence-corrected chi connectivity index (χ1v) is 6.82. The van der Waals surface area contributed by atoms with Crippen molar-refractivity contribution in [3.05, 3.63) is 29.3 Å². The van der Waals surface area contributed by atoms with Crippen molar-refractivity contribution >= 4 is 17.3 Å². The lowest BCUT2D eigenvalue weighted by Gasteiger charge is -2.23. The Morgan fingerprint density at radius 1 is 1.58 bits per heavy atom. The largest absolute Gasteiger partial charge is 0.468 e. The molecule has 0 atom stereocenters. The van der Waals surface area contributed by atoms with E-state index in [4.69, 9.17) is 4.74 Å². The Kier molecular flexibility index (Phi) is 4.01. The van der Waals surface area contributed by atoms with Crippen LogP contribution >= 0.6 is 11.3 Å². The molecule has 0 fully saturated rings. The third kappa shape index (κ3) is 3.02. The Balaban J connectivity index is 2.09. The van der Waals surface area contributed by atoms with Crippen LogP contribution in [0.5, 0.6) is 0 Å². The molecule has 19 heavy (non-hydrogen) atoms. The number of hydrogen-bond acceptors (Lipinski definition) is 5. The molecule has 2 rings (SSSR count). The second-order valence-electron chi connectivity index (χ2n) is 4.72. The maximum absolute atomic E-state index is 11.6. The highest BCUT2D eigenvalue weighted by Crippen LogP contribution is 2.25. The average molecular weight is 279 g/mol. The number of carbonyl (C=O) groups is 1. The summed E-state index contributed by atoms with van der Waals surface area (Å²) in [5, 5.41) is 12.3. The van der Waals surface area contributed by atoms with Crippen molar-refractivity contribution in [2.45, 2.75) is 25.9 Å². The second-order valence-corrected chi connectivity index (χ2v) is 5.67.